The number of rotatable bonds is 2. The Morgan fingerprint density at radius 2 is 2.00 bits per heavy atom. The molecule has 0 unspecified atom stereocenters. The number of anilines is 2. The van der Waals surface area contributed by atoms with E-state index in [-0.39, 0.29) is 5.82 Å². The number of nitrogens with zero attached hydrogens (tertiary/aromatic N) is 1. The highest BCUT2D eigenvalue weighted by Gasteiger charge is 2.21. The molecule has 2 N–H and O–H groups in total. The minimum Gasteiger partial charge on any atom is -0.398 e. The fourth-order valence-corrected chi connectivity index (χ4v) is 2.56. The molecular formula is C15H14F2N2. The Hall–Kier alpha value is -2.10. The number of nitrogen functional groups attached to an aromatic ring is 1. The molecule has 0 saturated heterocycles. The van der Waals surface area contributed by atoms with Crippen molar-refractivity contribution in [3.05, 3.63) is 59.2 Å². The van der Waals surface area contributed by atoms with Crippen LogP contribution in [0.15, 0.2) is 36.4 Å². The first-order valence-corrected chi connectivity index (χ1v) is 6.21. The van der Waals surface area contributed by atoms with Gasteiger partial charge in [-0.25, -0.2) is 8.78 Å². The normalized spacial score (nSPS) is 13.7. The van der Waals surface area contributed by atoms with Crippen LogP contribution < -0.4 is 10.6 Å². The Balaban J connectivity index is 1.91. The smallest absolute Gasteiger partial charge is 0.128 e. The zero-order chi connectivity index (χ0) is 13.4. The Bertz CT molecular complexity index is 626. The second-order valence-electron chi connectivity index (χ2n) is 4.75. The maximum Gasteiger partial charge on any atom is 0.128 e. The van der Waals surface area contributed by atoms with Gasteiger partial charge in [-0.1, -0.05) is 6.07 Å². The summed E-state index contributed by atoms with van der Waals surface area (Å²) in [7, 11) is 0. The SMILES string of the molecule is Nc1cccc2c1CCN2Cc1cc(F)ccc1F. The van der Waals surface area contributed by atoms with Crippen LogP contribution in [0.2, 0.25) is 0 Å². The molecule has 0 aliphatic carbocycles. The van der Waals surface area contributed by atoms with Gasteiger partial charge in [-0.15, -0.1) is 0 Å². The third kappa shape index (κ3) is 2.14. The third-order valence-corrected chi connectivity index (χ3v) is 3.53. The molecule has 3 rings (SSSR count). The predicted octanol–water partition coefficient (Wildman–Crippen LogP) is 3.11. The lowest BCUT2D eigenvalue weighted by Gasteiger charge is -2.20. The van der Waals surface area contributed by atoms with Crippen molar-refractivity contribution in [2.24, 2.45) is 0 Å². The summed E-state index contributed by atoms with van der Waals surface area (Å²) >= 11 is 0. The lowest BCUT2D eigenvalue weighted by atomic mass is 10.1. The molecule has 4 heteroatoms. The van der Waals surface area contributed by atoms with E-state index in [0.717, 1.165) is 36.0 Å². The summed E-state index contributed by atoms with van der Waals surface area (Å²) in [6, 6.07) is 9.27. The van der Waals surface area contributed by atoms with E-state index in [1.54, 1.807) is 0 Å². The summed E-state index contributed by atoms with van der Waals surface area (Å²) in [5.74, 6) is -0.790. The van der Waals surface area contributed by atoms with Crippen LogP contribution in [0, 0.1) is 11.6 Å². The van der Waals surface area contributed by atoms with Crippen molar-refractivity contribution in [3.63, 3.8) is 0 Å². The van der Waals surface area contributed by atoms with E-state index in [1.165, 1.54) is 12.1 Å². The zero-order valence-electron chi connectivity index (χ0n) is 10.4. The van der Waals surface area contributed by atoms with Crippen molar-refractivity contribution < 1.29 is 8.78 Å². The van der Waals surface area contributed by atoms with Gasteiger partial charge < -0.3 is 10.6 Å². The molecule has 2 aromatic rings. The summed E-state index contributed by atoms with van der Waals surface area (Å²) in [6.45, 7) is 1.14. The molecule has 2 nitrogen and oxygen atoms in total. The van der Waals surface area contributed by atoms with Crippen LogP contribution in [0.1, 0.15) is 11.1 Å². The lowest BCUT2D eigenvalue weighted by Crippen LogP contribution is -2.20. The standard InChI is InChI=1S/C15H14F2N2/c16-11-4-5-13(17)10(8-11)9-19-7-6-12-14(18)2-1-3-15(12)19/h1-5,8H,6-7,9,18H2. The highest BCUT2D eigenvalue weighted by molar-refractivity contribution is 5.68. The second-order valence-corrected chi connectivity index (χ2v) is 4.75. The first-order chi connectivity index (χ1) is 9.15. The maximum absolute atomic E-state index is 13.7. The predicted molar refractivity (Wildman–Crippen MR) is 72.0 cm³/mol. The Morgan fingerprint density at radius 3 is 2.84 bits per heavy atom. The largest absolute Gasteiger partial charge is 0.398 e. The number of hydrogen-bond donors (Lipinski definition) is 1. The van der Waals surface area contributed by atoms with Crippen LogP contribution >= 0.6 is 0 Å². The zero-order valence-corrected chi connectivity index (χ0v) is 10.4. The molecule has 2 aromatic carbocycles. The summed E-state index contributed by atoms with van der Waals surface area (Å²) in [5, 5.41) is 0. The van der Waals surface area contributed by atoms with E-state index in [2.05, 4.69) is 0 Å². The molecule has 0 radical (unpaired) electrons. The summed E-state index contributed by atoms with van der Waals surface area (Å²) < 4.78 is 26.8. The quantitative estimate of drug-likeness (QED) is 0.841. The molecule has 0 spiro atoms. The van der Waals surface area contributed by atoms with Crippen LogP contribution in [0.4, 0.5) is 20.2 Å². The van der Waals surface area contributed by atoms with Crippen molar-refractivity contribution in [1.82, 2.24) is 0 Å². The van der Waals surface area contributed by atoms with Crippen molar-refractivity contribution >= 4 is 11.4 Å². The number of fused-ring (bicyclic) bond motifs is 1. The van der Waals surface area contributed by atoms with Crippen molar-refractivity contribution in [2.75, 3.05) is 17.2 Å². The van der Waals surface area contributed by atoms with Crippen molar-refractivity contribution in [1.29, 1.82) is 0 Å². The highest BCUT2D eigenvalue weighted by Crippen LogP contribution is 2.33. The van der Waals surface area contributed by atoms with E-state index in [4.69, 9.17) is 5.73 Å². The fourth-order valence-electron chi connectivity index (χ4n) is 2.56. The first-order valence-electron chi connectivity index (χ1n) is 6.21. The van der Waals surface area contributed by atoms with E-state index >= 15 is 0 Å². The Kier molecular flexibility index (Phi) is 2.85. The minimum atomic E-state index is -0.414. The van der Waals surface area contributed by atoms with Gasteiger partial charge in [-0.2, -0.15) is 0 Å². The van der Waals surface area contributed by atoms with E-state index in [9.17, 15) is 8.78 Å². The number of hydrogen-bond acceptors (Lipinski definition) is 2. The summed E-state index contributed by atoms with van der Waals surface area (Å²) in [6.07, 6.45) is 0.846. The summed E-state index contributed by atoms with van der Waals surface area (Å²) in [5.41, 5.74) is 9.17. The van der Waals surface area contributed by atoms with Crippen LogP contribution in [-0.4, -0.2) is 6.54 Å². The minimum absolute atomic E-state index is 0.361. The van der Waals surface area contributed by atoms with Gasteiger partial charge >= 0.3 is 0 Å². The van der Waals surface area contributed by atoms with Gasteiger partial charge in [0.15, 0.2) is 0 Å². The highest BCUT2D eigenvalue weighted by atomic mass is 19.1. The number of nitrogens with two attached hydrogens (primary N) is 1. The third-order valence-electron chi connectivity index (χ3n) is 3.53. The molecule has 0 atom stereocenters. The molecule has 98 valence electrons. The van der Waals surface area contributed by atoms with E-state index in [1.807, 2.05) is 23.1 Å². The molecule has 0 amide bonds. The van der Waals surface area contributed by atoms with E-state index < -0.39 is 5.82 Å². The van der Waals surface area contributed by atoms with Gasteiger partial charge in [0, 0.05) is 35.6 Å². The second kappa shape index (κ2) is 4.53. The summed E-state index contributed by atoms with van der Waals surface area (Å²) in [4.78, 5) is 2.03. The van der Waals surface area contributed by atoms with Gasteiger partial charge in [-0.05, 0) is 36.8 Å². The van der Waals surface area contributed by atoms with Crippen molar-refractivity contribution in [2.45, 2.75) is 13.0 Å². The molecule has 19 heavy (non-hydrogen) atoms. The lowest BCUT2D eigenvalue weighted by molar-refractivity contribution is 0.582. The van der Waals surface area contributed by atoms with Gasteiger partial charge in [0.1, 0.15) is 11.6 Å². The van der Waals surface area contributed by atoms with Gasteiger partial charge in [-0.3, -0.25) is 0 Å². The maximum atomic E-state index is 13.7. The Labute approximate surface area is 110 Å². The van der Waals surface area contributed by atoms with Crippen LogP contribution in [0.5, 0.6) is 0 Å². The van der Waals surface area contributed by atoms with Crippen LogP contribution in [0.25, 0.3) is 0 Å². The molecule has 1 aliphatic rings. The van der Waals surface area contributed by atoms with E-state index in [0.29, 0.717) is 12.1 Å². The molecule has 0 aromatic heterocycles. The number of benzene rings is 2. The monoisotopic (exact) mass is 260 g/mol. The Morgan fingerprint density at radius 1 is 1.16 bits per heavy atom. The van der Waals surface area contributed by atoms with Crippen LogP contribution in [-0.2, 0) is 13.0 Å². The molecular weight excluding hydrogens is 246 g/mol. The fraction of sp³-hybridized carbons (Fsp3) is 0.200. The van der Waals surface area contributed by atoms with Crippen molar-refractivity contribution in [3.8, 4) is 0 Å². The average molecular weight is 260 g/mol. The first kappa shape index (κ1) is 12.0. The average Bonchev–Trinajstić information content (AvgIpc) is 2.79. The molecule has 0 bridgehead atoms. The molecule has 0 saturated carbocycles. The van der Waals surface area contributed by atoms with Gasteiger partial charge in [0.25, 0.3) is 0 Å². The molecule has 1 aliphatic heterocycles. The molecule has 0 fully saturated rings. The number of halogens is 2. The topological polar surface area (TPSA) is 29.3 Å². The van der Waals surface area contributed by atoms with Gasteiger partial charge in [0.05, 0.1) is 0 Å². The van der Waals surface area contributed by atoms with Gasteiger partial charge in [0.2, 0.25) is 0 Å². The van der Waals surface area contributed by atoms with Crippen LogP contribution in [0.3, 0.4) is 0 Å². The molecule has 1 heterocycles.